The van der Waals surface area contributed by atoms with Crippen LogP contribution in [0.25, 0.3) is 0 Å². The highest BCUT2D eigenvalue weighted by Gasteiger charge is 2.04. The fraction of sp³-hybridized carbons (Fsp3) is 0.467. The predicted octanol–water partition coefficient (Wildman–Crippen LogP) is 3.89. The largest absolute Gasteiger partial charge is 0.486 e. The predicted molar refractivity (Wildman–Crippen MR) is 83.5 cm³/mol. The molecule has 2 aromatic rings. The van der Waals surface area contributed by atoms with E-state index in [1.807, 2.05) is 12.1 Å². The number of ether oxygens (including phenoxy) is 1. The summed E-state index contributed by atoms with van der Waals surface area (Å²) in [5, 5.41) is 13.2. The number of benzene rings is 1. The minimum atomic E-state index is 0.471. The maximum Gasteiger partial charge on any atom is 0.205 e. The second-order valence-electron chi connectivity index (χ2n) is 4.61. The molecule has 0 spiro atoms. The molecule has 0 aliphatic rings. The third kappa shape index (κ3) is 4.49. The van der Waals surface area contributed by atoms with Crippen LogP contribution < -0.4 is 10.1 Å². The number of hydrogen-bond acceptors (Lipinski definition) is 5. The average molecular weight is 291 g/mol. The molecule has 5 heteroatoms. The molecule has 2 rings (SSSR count). The summed E-state index contributed by atoms with van der Waals surface area (Å²) in [7, 11) is 0. The van der Waals surface area contributed by atoms with E-state index in [1.54, 1.807) is 11.3 Å². The molecule has 1 aromatic heterocycles. The Hall–Kier alpha value is -1.62. The van der Waals surface area contributed by atoms with E-state index in [0.717, 1.165) is 35.3 Å². The number of anilines is 1. The number of aromatic nitrogens is 2. The number of hydrogen-bond donors (Lipinski definition) is 1. The topological polar surface area (TPSA) is 47.0 Å². The summed E-state index contributed by atoms with van der Waals surface area (Å²) in [6.07, 6.45) is 3.36. The van der Waals surface area contributed by atoms with E-state index in [0.29, 0.717) is 6.61 Å². The van der Waals surface area contributed by atoms with Crippen LogP contribution in [0.1, 0.15) is 37.3 Å². The molecule has 0 fully saturated rings. The van der Waals surface area contributed by atoms with Gasteiger partial charge in [0.25, 0.3) is 0 Å². The molecule has 0 bridgehead atoms. The highest BCUT2D eigenvalue weighted by Crippen LogP contribution is 2.19. The van der Waals surface area contributed by atoms with Gasteiger partial charge in [0.2, 0.25) is 5.13 Å². The second kappa shape index (κ2) is 7.85. The summed E-state index contributed by atoms with van der Waals surface area (Å²) < 4.78 is 5.72. The zero-order chi connectivity index (χ0) is 14.2. The zero-order valence-electron chi connectivity index (χ0n) is 12.1. The Morgan fingerprint density at radius 1 is 1.10 bits per heavy atom. The SMILES string of the molecule is CCCNc1nnc(COc2ccc(CCC)cc2)s1. The molecule has 108 valence electrons. The first-order chi connectivity index (χ1) is 9.81. The fourth-order valence-electron chi connectivity index (χ4n) is 1.80. The summed E-state index contributed by atoms with van der Waals surface area (Å²) in [5.41, 5.74) is 1.35. The summed E-state index contributed by atoms with van der Waals surface area (Å²) in [6, 6.07) is 8.27. The second-order valence-corrected chi connectivity index (χ2v) is 5.67. The van der Waals surface area contributed by atoms with E-state index < -0.39 is 0 Å². The van der Waals surface area contributed by atoms with E-state index in [1.165, 1.54) is 12.0 Å². The molecular formula is C15H21N3OS. The van der Waals surface area contributed by atoms with Crippen molar-refractivity contribution in [2.24, 2.45) is 0 Å². The maximum atomic E-state index is 5.72. The molecule has 0 amide bonds. The van der Waals surface area contributed by atoms with Gasteiger partial charge < -0.3 is 10.1 Å². The number of nitrogens with zero attached hydrogens (tertiary/aromatic N) is 2. The van der Waals surface area contributed by atoms with E-state index in [-0.39, 0.29) is 0 Å². The first-order valence-electron chi connectivity index (χ1n) is 7.09. The molecule has 0 aliphatic heterocycles. The van der Waals surface area contributed by atoms with Crippen molar-refractivity contribution in [3.63, 3.8) is 0 Å². The Morgan fingerprint density at radius 3 is 2.60 bits per heavy atom. The highest BCUT2D eigenvalue weighted by molar-refractivity contribution is 7.15. The summed E-state index contributed by atoms with van der Waals surface area (Å²) in [6.45, 7) is 5.71. The lowest BCUT2D eigenvalue weighted by molar-refractivity contribution is 0.304. The molecule has 4 nitrogen and oxygen atoms in total. The normalized spacial score (nSPS) is 10.5. The molecule has 1 aromatic carbocycles. The zero-order valence-corrected chi connectivity index (χ0v) is 12.9. The van der Waals surface area contributed by atoms with Crippen molar-refractivity contribution in [1.29, 1.82) is 0 Å². The van der Waals surface area contributed by atoms with Crippen molar-refractivity contribution >= 4 is 16.5 Å². The Kier molecular flexibility index (Phi) is 5.80. The molecule has 20 heavy (non-hydrogen) atoms. The van der Waals surface area contributed by atoms with Crippen LogP contribution in [0.4, 0.5) is 5.13 Å². The smallest absolute Gasteiger partial charge is 0.205 e. The highest BCUT2D eigenvalue weighted by atomic mass is 32.1. The third-order valence-electron chi connectivity index (χ3n) is 2.82. The van der Waals surface area contributed by atoms with Crippen LogP contribution >= 0.6 is 11.3 Å². The minimum absolute atomic E-state index is 0.471. The molecule has 0 aliphatic carbocycles. The summed E-state index contributed by atoms with van der Waals surface area (Å²) in [5.74, 6) is 0.878. The quantitative estimate of drug-likeness (QED) is 0.801. The average Bonchev–Trinajstić information content (AvgIpc) is 2.93. The van der Waals surface area contributed by atoms with E-state index in [4.69, 9.17) is 4.74 Å². The van der Waals surface area contributed by atoms with Crippen molar-refractivity contribution < 1.29 is 4.74 Å². The van der Waals surface area contributed by atoms with Gasteiger partial charge in [0, 0.05) is 6.54 Å². The van der Waals surface area contributed by atoms with Gasteiger partial charge in [-0.2, -0.15) is 0 Å². The van der Waals surface area contributed by atoms with Crippen LogP contribution in [0.5, 0.6) is 5.75 Å². The standard InChI is InChI=1S/C15H21N3OS/c1-3-5-12-6-8-13(9-7-12)19-11-14-17-18-15(20-14)16-10-4-2/h6-9H,3-5,10-11H2,1-2H3,(H,16,18). The Labute approximate surface area is 124 Å². The Morgan fingerprint density at radius 2 is 1.90 bits per heavy atom. The first-order valence-corrected chi connectivity index (χ1v) is 7.91. The van der Waals surface area contributed by atoms with Crippen LogP contribution in [0.2, 0.25) is 0 Å². The van der Waals surface area contributed by atoms with Crippen molar-refractivity contribution in [2.75, 3.05) is 11.9 Å². The lowest BCUT2D eigenvalue weighted by Gasteiger charge is -2.04. The van der Waals surface area contributed by atoms with Gasteiger partial charge >= 0.3 is 0 Å². The number of aryl methyl sites for hydroxylation is 1. The van der Waals surface area contributed by atoms with Crippen molar-refractivity contribution in [2.45, 2.75) is 39.7 Å². The summed E-state index contributed by atoms with van der Waals surface area (Å²) in [4.78, 5) is 0. The molecule has 0 saturated heterocycles. The lowest BCUT2D eigenvalue weighted by Crippen LogP contribution is -1.98. The van der Waals surface area contributed by atoms with Crippen molar-refractivity contribution in [3.8, 4) is 5.75 Å². The minimum Gasteiger partial charge on any atom is -0.486 e. The van der Waals surface area contributed by atoms with Gasteiger partial charge in [-0.15, -0.1) is 10.2 Å². The number of rotatable bonds is 8. The summed E-state index contributed by atoms with van der Waals surface area (Å²) >= 11 is 1.55. The molecule has 0 atom stereocenters. The first kappa shape index (κ1) is 14.8. The molecule has 1 N–H and O–H groups in total. The molecule has 0 unspecified atom stereocenters. The van der Waals surface area contributed by atoms with Crippen molar-refractivity contribution in [3.05, 3.63) is 34.8 Å². The van der Waals surface area contributed by atoms with Crippen LogP contribution in [0.15, 0.2) is 24.3 Å². The van der Waals surface area contributed by atoms with Gasteiger partial charge in [-0.1, -0.05) is 43.7 Å². The van der Waals surface area contributed by atoms with Gasteiger partial charge in [0.05, 0.1) is 0 Å². The van der Waals surface area contributed by atoms with Crippen molar-refractivity contribution in [1.82, 2.24) is 10.2 Å². The van der Waals surface area contributed by atoms with Gasteiger partial charge in [-0.3, -0.25) is 0 Å². The molecule has 1 heterocycles. The van der Waals surface area contributed by atoms with Crippen LogP contribution in [-0.4, -0.2) is 16.7 Å². The van der Waals surface area contributed by atoms with Gasteiger partial charge in [0.15, 0.2) is 5.01 Å². The maximum absolute atomic E-state index is 5.72. The Bertz CT molecular complexity index is 510. The molecule has 0 saturated carbocycles. The van der Waals surface area contributed by atoms with Gasteiger partial charge in [0.1, 0.15) is 12.4 Å². The monoisotopic (exact) mass is 291 g/mol. The van der Waals surface area contributed by atoms with E-state index in [2.05, 4.69) is 41.5 Å². The Balaban J connectivity index is 1.83. The van der Waals surface area contributed by atoms with Gasteiger partial charge in [-0.25, -0.2) is 0 Å². The van der Waals surface area contributed by atoms with Crippen LogP contribution in [-0.2, 0) is 13.0 Å². The lowest BCUT2D eigenvalue weighted by atomic mass is 10.1. The van der Waals surface area contributed by atoms with E-state index in [9.17, 15) is 0 Å². The third-order valence-corrected chi connectivity index (χ3v) is 3.67. The number of nitrogens with one attached hydrogen (secondary N) is 1. The molecular weight excluding hydrogens is 270 g/mol. The van der Waals surface area contributed by atoms with Gasteiger partial charge in [-0.05, 0) is 30.5 Å². The van der Waals surface area contributed by atoms with E-state index >= 15 is 0 Å². The molecule has 0 radical (unpaired) electrons. The van der Waals surface area contributed by atoms with Crippen LogP contribution in [0.3, 0.4) is 0 Å². The van der Waals surface area contributed by atoms with Crippen LogP contribution in [0, 0.1) is 0 Å². The fourth-order valence-corrected chi connectivity index (χ4v) is 2.48.